The Morgan fingerprint density at radius 2 is 1.66 bits per heavy atom. The highest BCUT2D eigenvalue weighted by molar-refractivity contribution is 7.22. The summed E-state index contributed by atoms with van der Waals surface area (Å²) in [5.74, 6) is -0.522. The number of anilines is 2. The van der Waals surface area contributed by atoms with E-state index in [9.17, 15) is 14.7 Å². The first-order valence-electron chi connectivity index (χ1n) is 10.2. The second kappa shape index (κ2) is 7.76. The van der Waals surface area contributed by atoms with Crippen molar-refractivity contribution in [2.45, 2.75) is 12.8 Å². The minimum atomic E-state index is -1.21. The van der Waals surface area contributed by atoms with Gasteiger partial charge in [-0.1, -0.05) is 47.7 Å². The van der Waals surface area contributed by atoms with Crippen LogP contribution in [0.4, 0.5) is 10.8 Å². The molecule has 0 aliphatic heterocycles. The molecule has 1 fully saturated rings. The van der Waals surface area contributed by atoms with Gasteiger partial charge in [0.15, 0.2) is 10.9 Å². The maximum absolute atomic E-state index is 12.5. The predicted molar refractivity (Wildman–Crippen MR) is 125 cm³/mol. The molecule has 1 heterocycles. The molecule has 7 heteroatoms. The molecule has 1 aliphatic rings. The van der Waals surface area contributed by atoms with Crippen LogP contribution in [-0.4, -0.2) is 29.0 Å². The number of carboxylic acid groups (broad SMARTS) is 1. The van der Waals surface area contributed by atoms with Crippen LogP contribution in [0.15, 0.2) is 66.7 Å². The monoisotopic (exact) mass is 444 g/mol. The van der Waals surface area contributed by atoms with Crippen molar-refractivity contribution < 1.29 is 19.4 Å². The number of carbonyl (C=O) groups excluding carboxylic acids is 1. The summed E-state index contributed by atoms with van der Waals surface area (Å²) in [5, 5.41) is 13.5. The lowest BCUT2D eigenvalue weighted by molar-refractivity contribution is -0.141. The van der Waals surface area contributed by atoms with Gasteiger partial charge in [-0.25, -0.2) is 4.98 Å². The summed E-state index contributed by atoms with van der Waals surface area (Å²) in [4.78, 5) is 28.5. The average molecular weight is 445 g/mol. The van der Waals surface area contributed by atoms with E-state index in [-0.39, 0.29) is 5.78 Å². The number of ketones is 1. The average Bonchev–Trinajstić information content (AvgIpc) is 3.54. The zero-order valence-electron chi connectivity index (χ0n) is 17.3. The van der Waals surface area contributed by atoms with Gasteiger partial charge in [0.2, 0.25) is 0 Å². The summed E-state index contributed by atoms with van der Waals surface area (Å²) in [7, 11) is 1.65. The van der Waals surface area contributed by atoms with Gasteiger partial charge in [-0.2, -0.15) is 0 Å². The number of hydrogen-bond donors (Lipinski definition) is 2. The van der Waals surface area contributed by atoms with Crippen LogP contribution in [0.25, 0.3) is 21.3 Å². The molecule has 1 saturated carbocycles. The summed E-state index contributed by atoms with van der Waals surface area (Å²) < 4.78 is 6.32. The minimum Gasteiger partial charge on any atom is -0.497 e. The Morgan fingerprint density at radius 3 is 2.25 bits per heavy atom. The topological polar surface area (TPSA) is 88.5 Å². The number of carbonyl (C=O) groups is 2. The Labute approximate surface area is 188 Å². The Kier molecular flexibility index (Phi) is 4.90. The van der Waals surface area contributed by atoms with Gasteiger partial charge in [0, 0.05) is 11.3 Å². The van der Waals surface area contributed by atoms with Gasteiger partial charge >= 0.3 is 5.97 Å². The fraction of sp³-hybridized carbons (Fsp3) is 0.160. The maximum atomic E-state index is 12.5. The van der Waals surface area contributed by atoms with Crippen LogP contribution in [-0.2, 0) is 4.79 Å². The summed E-state index contributed by atoms with van der Waals surface area (Å²) in [6.45, 7) is 0. The van der Waals surface area contributed by atoms with Gasteiger partial charge in [0.05, 0.1) is 17.3 Å². The highest BCUT2D eigenvalue weighted by Gasteiger charge is 2.56. The first-order valence-corrected chi connectivity index (χ1v) is 11.0. The first kappa shape index (κ1) is 20.2. The van der Waals surface area contributed by atoms with Crippen LogP contribution >= 0.6 is 11.3 Å². The van der Waals surface area contributed by atoms with Gasteiger partial charge in [-0.3, -0.25) is 9.59 Å². The Balaban J connectivity index is 1.30. The number of hydrogen-bond acceptors (Lipinski definition) is 6. The second-order valence-electron chi connectivity index (χ2n) is 7.85. The molecule has 0 unspecified atom stereocenters. The van der Waals surface area contributed by atoms with Crippen molar-refractivity contribution in [2.24, 2.45) is 5.41 Å². The summed E-state index contributed by atoms with van der Waals surface area (Å²) in [6, 6.07) is 20.9. The van der Waals surface area contributed by atoms with Gasteiger partial charge in [0.1, 0.15) is 11.2 Å². The molecule has 0 spiro atoms. The minimum absolute atomic E-state index is 0.301. The molecular weight excluding hydrogens is 424 g/mol. The number of carboxylic acids is 1. The van der Waals surface area contributed by atoms with E-state index in [2.05, 4.69) is 10.3 Å². The molecule has 1 aromatic heterocycles. The maximum Gasteiger partial charge on any atom is 0.317 e. The molecular formula is C25H20N2O4S. The van der Waals surface area contributed by atoms with Crippen LogP contribution in [0, 0.1) is 5.41 Å². The van der Waals surface area contributed by atoms with E-state index >= 15 is 0 Å². The molecule has 160 valence electrons. The first-order chi connectivity index (χ1) is 15.5. The molecule has 0 amide bonds. The molecule has 0 atom stereocenters. The molecule has 5 rings (SSSR count). The number of ether oxygens (including phenoxy) is 1. The van der Waals surface area contributed by atoms with Gasteiger partial charge in [0.25, 0.3) is 0 Å². The number of nitrogens with zero attached hydrogens (tertiary/aromatic N) is 1. The van der Waals surface area contributed by atoms with Crippen molar-refractivity contribution >= 4 is 44.1 Å². The Bertz CT molecular complexity index is 1320. The predicted octanol–water partition coefficient (Wildman–Crippen LogP) is 5.76. The number of aromatic nitrogens is 1. The van der Waals surface area contributed by atoms with Crippen LogP contribution in [0.1, 0.15) is 23.2 Å². The molecule has 6 nitrogen and oxygen atoms in total. The van der Waals surface area contributed by atoms with E-state index in [1.165, 1.54) is 0 Å². The zero-order valence-corrected chi connectivity index (χ0v) is 18.1. The summed E-state index contributed by atoms with van der Waals surface area (Å²) in [5.41, 5.74) is 3.03. The third kappa shape index (κ3) is 3.61. The van der Waals surface area contributed by atoms with Crippen molar-refractivity contribution in [3.05, 3.63) is 72.3 Å². The molecule has 2 N–H and O–H groups in total. The van der Waals surface area contributed by atoms with E-state index in [0.717, 1.165) is 37.9 Å². The molecule has 4 aromatic rings. The molecule has 0 saturated heterocycles. The van der Waals surface area contributed by atoms with Crippen molar-refractivity contribution in [1.29, 1.82) is 0 Å². The van der Waals surface area contributed by atoms with Crippen LogP contribution in [0.3, 0.4) is 0 Å². The number of methoxy groups -OCH3 is 1. The molecule has 1 aliphatic carbocycles. The smallest absolute Gasteiger partial charge is 0.317 e. The highest BCUT2D eigenvalue weighted by Crippen LogP contribution is 2.48. The zero-order chi connectivity index (χ0) is 22.3. The molecule has 0 radical (unpaired) electrons. The number of rotatable bonds is 7. The van der Waals surface area contributed by atoms with E-state index in [1.54, 1.807) is 30.6 Å². The number of nitrogens with one attached hydrogen (secondary N) is 1. The second-order valence-corrected chi connectivity index (χ2v) is 8.88. The van der Waals surface area contributed by atoms with E-state index < -0.39 is 11.4 Å². The number of fused-ring (bicyclic) bond motifs is 1. The number of aliphatic carboxylic acids is 1. The Morgan fingerprint density at radius 1 is 1.00 bits per heavy atom. The number of thiazole rings is 1. The standard InChI is InChI=1S/C25H20N2O4S/c1-31-19-10-11-20-21(14-19)32-24(27-20)26-18-8-6-16(7-9-18)15-2-4-17(5-3-15)22(28)25(12-13-25)23(29)30/h2-11,14H,12-13H2,1H3,(H,26,27)(H,29,30). The third-order valence-electron chi connectivity index (χ3n) is 5.81. The Hall–Kier alpha value is -3.71. The van der Waals surface area contributed by atoms with Crippen molar-refractivity contribution in [3.63, 3.8) is 0 Å². The molecule has 3 aromatic carbocycles. The van der Waals surface area contributed by atoms with E-state index in [0.29, 0.717) is 18.4 Å². The summed E-state index contributed by atoms with van der Waals surface area (Å²) in [6.07, 6.45) is 0.833. The van der Waals surface area contributed by atoms with Crippen molar-refractivity contribution in [1.82, 2.24) is 4.98 Å². The lowest BCUT2D eigenvalue weighted by Crippen LogP contribution is -2.25. The fourth-order valence-electron chi connectivity index (χ4n) is 3.71. The normalized spacial score (nSPS) is 14.2. The molecule has 32 heavy (non-hydrogen) atoms. The van der Waals surface area contributed by atoms with Crippen LogP contribution < -0.4 is 10.1 Å². The SMILES string of the molecule is COc1ccc2nc(Nc3ccc(-c4ccc(C(=O)C5(C(=O)O)CC5)cc4)cc3)sc2c1. The fourth-order valence-corrected chi connectivity index (χ4v) is 4.62. The lowest BCUT2D eigenvalue weighted by atomic mass is 9.93. The van der Waals surface area contributed by atoms with E-state index in [4.69, 9.17) is 4.74 Å². The quantitative estimate of drug-likeness (QED) is 0.278. The van der Waals surface area contributed by atoms with Gasteiger partial charge in [-0.15, -0.1) is 0 Å². The van der Waals surface area contributed by atoms with E-state index in [1.807, 2.05) is 54.6 Å². The summed E-state index contributed by atoms with van der Waals surface area (Å²) >= 11 is 1.56. The molecule has 0 bridgehead atoms. The van der Waals surface area contributed by atoms with Gasteiger partial charge in [-0.05, 0) is 54.3 Å². The number of Topliss-reactive ketones (excluding diaryl/α,β-unsaturated/α-hetero) is 1. The van der Waals surface area contributed by atoms with Crippen molar-refractivity contribution in [3.8, 4) is 16.9 Å². The highest BCUT2D eigenvalue weighted by atomic mass is 32.1. The third-order valence-corrected chi connectivity index (χ3v) is 6.74. The van der Waals surface area contributed by atoms with Crippen molar-refractivity contribution in [2.75, 3.05) is 12.4 Å². The lowest BCUT2D eigenvalue weighted by Gasteiger charge is -2.10. The van der Waals surface area contributed by atoms with Crippen LogP contribution in [0.5, 0.6) is 5.75 Å². The number of benzene rings is 3. The van der Waals surface area contributed by atoms with Gasteiger partial charge < -0.3 is 15.2 Å². The van der Waals surface area contributed by atoms with Crippen LogP contribution in [0.2, 0.25) is 0 Å². The largest absolute Gasteiger partial charge is 0.497 e.